The fourth-order valence-corrected chi connectivity index (χ4v) is 1.52. The van der Waals surface area contributed by atoms with Crippen molar-refractivity contribution in [1.82, 2.24) is 5.32 Å². The Morgan fingerprint density at radius 2 is 2.07 bits per heavy atom. The van der Waals surface area contributed by atoms with Crippen LogP contribution in [0.5, 0.6) is 0 Å². The molecule has 4 nitrogen and oxygen atoms in total. The van der Waals surface area contributed by atoms with Crippen molar-refractivity contribution >= 4 is 24.5 Å². The summed E-state index contributed by atoms with van der Waals surface area (Å²) >= 11 is 0. The number of carbonyl (C=O) groups is 1. The van der Waals surface area contributed by atoms with Crippen LogP contribution >= 0.6 is 12.4 Å². The highest BCUT2D eigenvalue weighted by Crippen LogP contribution is 2.24. The lowest BCUT2D eigenvalue weighted by Gasteiger charge is -2.29. The molecule has 0 bridgehead atoms. The van der Waals surface area contributed by atoms with Gasteiger partial charge in [0.2, 0.25) is 5.66 Å². The van der Waals surface area contributed by atoms with E-state index in [4.69, 9.17) is 10.8 Å². The second-order valence-electron chi connectivity index (χ2n) is 3.18. The fourth-order valence-electron chi connectivity index (χ4n) is 1.52. The highest BCUT2D eigenvalue weighted by atomic mass is 35.5. The molecule has 0 aliphatic carbocycles. The third-order valence-electron chi connectivity index (χ3n) is 2.30. The quantitative estimate of drug-likeness (QED) is 0.665. The lowest BCUT2D eigenvalue weighted by atomic mass is 9.92. The molecule has 2 rings (SSSR count). The molecule has 1 heterocycles. The average molecular weight is 227 g/mol. The van der Waals surface area contributed by atoms with Gasteiger partial charge in [0.25, 0.3) is 0 Å². The van der Waals surface area contributed by atoms with Crippen molar-refractivity contribution in [3.63, 3.8) is 0 Å². The SMILES string of the molecule is Cl.NC1(C(=O)O)NC=Cc2ccccc21. The minimum Gasteiger partial charge on any atom is -0.478 e. The van der Waals surface area contributed by atoms with Gasteiger partial charge >= 0.3 is 5.97 Å². The Balaban J connectivity index is 0.00000112. The Hall–Kier alpha value is -1.52. The maximum absolute atomic E-state index is 11.0. The number of fused-ring (bicyclic) bond motifs is 1. The van der Waals surface area contributed by atoms with E-state index in [0.29, 0.717) is 5.56 Å². The Morgan fingerprint density at radius 3 is 2.73 bits per heavy atom. The summed E-state index contributed by atoms with van der Waals surface area (Å²) < 4.78 is 0. The number of hydrogen-bond donors (Lipinski definition) is 3. The molecule has 1 aliphatic heterocycles. The molecule has 1 atom stereocenters. The molecule has 15 heavy (non-hydrogen) atoms. The maximum Gasteiger partial charge on any atom is 0.349 e. The van der Waals surface area contributed by atoms with Crippen LogP contribution in [0.25, 0.3) is 6.08 Å². The summed E-state index contributed by atoms with van der Waals surface area (Å²) in [5.41, 5.74) is 5.65. The van der Waals surface area contributed by atoms with Crippen LogP contribution in [0.2, 0.25) is 0 Å². The van der Waals surface area contributed by atoms with Crippen LogP contribution in [0.15, 0.2) is 30.5 Å². The van der Waals surface area contributed by atoms with E-state index in [1.54, 1.807) is 24.4 Å². The van der Waals surface area contributed by atoms with E-state index in [1.807, 2.05) is 12.1 Å². The van der Waals surface area contributed by atoms with Crippen molar-refractivity contribution in [2.24, 2.45) is 5.73 Å². The van der Waals surface area contributed by atoms with Crippen LogP contribution in [0.4, 0.5) is 0 Å². The van der Waals surface area contributed by atoms with Gasteiger partial charge in [-0.25, -0.2) is 4.79 Å². The number of carboxylic acids is 1. The van der Waals surface area contributed by atoms with Crippen LogP contribution in [-0.4, -0.2) is 11.1 Å². The van der Waals surface area contributed by atoms with E-state index < -0.39 is 11.6 Å². The van der Waals surface area contributed by atoms with Crippen molar-refractivity contribution in [1.29, 1.82) is 0 Å². The van der Waals surface area contributed by atoms with Gasteiger partial charge in [-0.15, -0.1) is 12.4 Å². The molecule has 1 aromatic carbocycles. The first-order chi connectivity index (χ1) is 6.64. The zero-order valence-electron chi connectivity index (χ0n) is 7.81. The molecule has 0 aromatic heterocycles. The van der Waals surface area contributed by atoms with E-state index in [9.17, 15) is 4.79 Å². The number of hydrogen-bond acceptors (Lipinski definition) is 3. The first-order valence-corrected chi connectivity index (χ1v) is 4.20. The number of halogens is 1. The van der Waals surface area contributed by atoms with E-state index >= 15 is 0 Å². The molecule has 1 unspecified atom stereocenters. The lowest BCUT2D eigenvalue weighted by Crippen LogP contribution is -2.56. The van der Waals surface area contributed by atoms with E-state index in [0.717, 1.165) is 5.56 Å². The van der Waals surface area contributed by atoms with Gasteiger partial charge in [0.05, 0.1) is 0 Å². The minimum atomic E-state index is -1.51. The van der Waals surface area contributed by atoms with Crippen LogP contribution in [0, 0.1) is 0 Å². The van der Waals surface area contributed by atoms with Gasteiger partial charge in [-0.05, 0) is 17.8 Å². The zero-order chi connectivity index (χ0) is 10.2. The van der Waals surface area contributed by atoms with Crippen molar-refractivity contribution in [2.75, 3.05) is 0 Å². The molecule has 1 aliphatic rings. The molecule has 0 radical (unpaired) electrons. The van der Waals surface area contributed by atoms with Gasteiger partial charge in [0.15, 0.2) is 0 Å². The number of rotatable bonds is 1. The van der Waals surface area contributed by atoms with Crippen LogP contribution in [-0.2, 0) is 10.5 Å². The van der Waals surface area contributed by atoms with Crippen LogP contribution in [0.3, 0.4) is 0 Å². The summed E-state index contributed by atoms with van der Waals surface area (Å²) in [6, 6.07) is 7.15. The molecular weight excluding hydrogens is 216 g/mol. The second kappa shape index (κ2) is 3.92. The molecule has 5 heteroatoms. The number of nitrogens with two attached hydrogens (primary N) is 1. The van der Waals surface area contributed by atoms with Crippen molar-refractivity contribution in [3.05, 3.63) is 41.6 Å². The number of carboxylic acid groups (broad SMARTS) is 1. The molecule has 80 valence electrons. The average Bonchev–Trinajstić information content (AvgIpc) is 2.18. The topological polar surface area (TPSA) is 75.4 Å². The van der Waals surface area contributed by atoms with Gasteiger partial charge in [0, 0.05) is 5.56 Å². The fraction of sp³-hybridized carbons (Fsp3) is 0.100. The Labute approximate surface area is 93.2 Å². The molecule has 0 spiro atoms. The van der Waals surface area contributed by atoms with E-state index in [2.05, 4.69) is 5.32 Å². The van der Waals surface area contributed by atoms with Crippen LogP contribution in [0.1, 0.15) is 11.1 Å². The summed E-state index contributed by atoms with van der Waals surface area (Å²) in [5, 5.41) is 11.7. The molecule has 0 amide bonds. The molecule has 0 saturated carbocycles. The Bertz CT molecular complexity index is 420. The lowest BCUT2D eigenvalue weighted by molar-refractivity contribution is -0.144. The number of benzene rings is 1. The van der Waals surface area contributed by atoms with Gasteiger partial charge in [-0.1, -0.05) is 24.3 Å². The van der Waals surface area contributed by atoms with Gasteiger partial charge in [-0.3, -0.25) is 5.73 Å². The third-order valence-corrected chi connectivity index (χ3v) is 2.30. The normalized spacial score (nSPS) is 22.2. The van der Waals surface area contributed by atoms with E-state index in [-0.39, 0.29) is 12.4 Å². The Kier molecular flexibility index (Phi) is 3.02. The number of nitrogens with one attached hydrogen (secondary N) is 1. The van der Waals surface area contributed by atoms with Crippen molar-refractivity contribution in [3.8, 4) is 0 Å². The Morgan fingerprint density at radius 1 is 1.40 bits per heavy atom. The largest absolute Gasteiger partial charge is 0.478 e. The van der Waals surface area contributed by atoms with Gasteiger partial charge < -0.3 is 10.4 Å². The predicted molar refractivity (Wildman–Crippen MR) is 59.4 cm³/mol. The first kappa shape index (κ1) is 11.6. The van der Waals surface area contributed by atoms with E-state index in [1.165, 1.54) is 0 Å². The molecule has 0 saturated heterocycles. The summed E-state index contributed by atoms with van der Waals surface area (Å²) in [4.78, 5) is 11.0. The zero-order valence-corrected chi connectivity index (χ0v) is 8.62. The minimum absolute atomic E-state index is 0. The highest BCUT2D eigenvalue weighted by molar-refractivity contribution is 5.85. The van der Waals surface area contributed by atoms with Crippen LogP contribution < -0.4 is 11.1 Å². The van der Waals surface area contributed by atoms with Gasteiger partial charge in [-0.2, -0.15) is 0 Å². The summed E-state index contributed by atoms with van der Waals surface area (Å²) in [5.74, 6) is -1.09. The summed E-state index contributed by atoms with van der Waals surface area (Å²) in [6.45, 7) is 0. The predicted octanol–water partition coefficient (Wildman–Crippen LogP) is 0.878. The highest BCUT2D eigenvalue weighted by Gasteiger charge is 2.37. The molecule has 4 N–H and O–H groups in total. The van der Waals surface area contributed by atoms with Crippen molar-refractivity contribution < 1.29 is 9.90 Å². The first-order valence-electron chi connectivity index (χ1n) is 4.20. The maximum atomic E-state index is 11.0. The monoisotopic (exact) mass is 226 g/mol. The van der Waals surface area contributed by atoms with Crippen molar-refractivity contribution in [2.45, 2.75) is 5.66 Å². The van der Waals surface area contributed by atoms with Gasteiger partial charge in [0.1, 0.15) is 0 Å². The third kappa shape index (κ3) is 1.69. The number of aliphatic carboxylic acids is 1. The summed E-state index contributed by atoms with van der Waals surface area (Å²) in [7, 11) is 0. The summed E-state index contributed by atoms with van der Waals surface area (Å²) in [6.07, 6.45) is 3.35. The molecular formula is C10H11ClN2O2. The standard InChI is InChI=1S/C10H10N2O2.ClH/c11-10(9(13)14)8-4-2-1-3-7(8)5-6-12-10;/h1-6,12H,11H2,(H,13,14);1H. The molecule has 0 fully saturated rings. The second-order valence-corrected chi connectivity index (χ2v) is 3.18. The molecule has 1 aromatic rings. The smallest absolute Gasteiger partial charge is 0.349 e.